The maximum atomic E-state index is 12.4. The largest absolute Gasteiger partial charge is 0.484 e. The first-order valence-corrected chi connectivity index (χ1v) is 9.10. The van der Waals surface area contributed by atoms with E-state index >= 15 is 0 Å². The van der Waals surface area contributed by atoms with Crippen LogP contribution in [0.5, 0.6) is 5.75 Å². The zero-order valence-corrected chi connectivity index (χ0v) is 15.8. The fourth-order valence-corrected chi connectivity index (χ4v) is 2.80. The van der Waals surface area contributed by atoms with Crippen molar-refractivity contribution >= 4 is 17.3 Å². The average molecular weight is 402 g/mol. The Morgan fingerprint density at radius 1 is 1.10 bits per heavy atom. The Morgan fingerprint density at radius 3 is 2.63 bits per heavy atom. The molecule has 0 fully saturated rings. The highest BCUT2D eigenvalue weighted by atomic mass is 16.5. The van der Waals surface area contributed by atoms with Crippen molar-refractivity contribution < 1.29 is 13.9 Å². The standard InChI is InChI=1S/C22H18N4O4/c23-19-5-1-2-6-20(19)25-21(27)15-7-9-16(10-8-15)26-13-18(30-22(26)28)14-29-17-4-3-11-24-12-17/h1-13H,14,23H2,(H,25,27). The number of para-hydroxylation sites is 2. The molecule has 2 aromatic carbocycles. The van der Waals surface area contributed by atoms with Crippen molar-refractivity contribution in [2.75, 3.05) is 11.1 Å². The molecule has 0 aliphatic heterocycles. The number of ether oxygens (including phenoxy) is 1. The summed E-state index contributed by atoms with van der Waals surface area (Å²) in [5.41, 5.74) is 7.86. The molecule has 1 amide bonds. The maximum Gasteiger partial charge on any atom is 0.423 e. The molecule has 0 saturated carbocycles. The second-order valence-electron chi connectivity index (χ2n) is 6.40. The third-order valence-corrected chi connectivity index (χ3v) is 4.32. The summed E-state index contributed by atoms with van der Waals surface area (Å²) in [6.45, 7) is 0.0902. The number of aromatic nitrogens is 2. The van der Waals surface area contributed by atoms with Gasteiger partial charge in [-0.25, -0.2) is 9.36 Å². The van der Waals surface area contributed by atoms with Crippen LogP contribution in [0, 0.1) is 0 Å². The molecule has 2 aromatic heterocycles. The minimum atomic E-state index is -0.547. The molecule has 0 aliphatic carbocycles. The van der Waals surface area contributed by atoms with Gasteiger partial charge in [-0.05, 0) is 48.5 Å². The topological polar surface area (TPSA) is 112 Å². The molecule has 8 nitrogen and oxygen atoms in total. The van der Waals surface area contributed by atoms with E-state index in [0.717, 1.165) is 0 Å². The summed E-state index contributed by atoms with van der Waals surface area (Å²) in [5, 5.41) is 2.76. The third-order valence-electron chi connectivity index (χ3n) is 4.32. The molecule has 0 atom stereocenters. The summed E-state index contributed by atoms with van der Waals surface area (Å²) in [5.74, 6) is 0.0890. The summed E-state index contributed by atoms with van der Waals surface area (Å²) >= 11 is 0. The molecule has 4 rings (SSSR count). The number of nitrogens with zero attached hydrogens (tertiary/aromatic N) is 2. The second-order valence-corrected chi connectivity index (χ2v) is 6.40. The van der Waals surface area contributed by atoms with Gasteiger partial charge in [-0.1, -0.05) is 12.1 Å². The van der Waals surface area contributed by atoms with E-state index in [4.69, 9.17) is 14.9 Å². The first-order valence-electron chi connectivity index (χ1n) is 9.10. The molecule has 0 radical (unpaired) electrons. The van der Waals surface area contributed by atoms with Crippen LogP contribution in [0.3, 0.4) is 0 Å². The average Bonchev–Trinajstić information content (AvgIpc) is 3.15. The van der Waals surface area contributed by atoms with Gasteiger partial charge >= 0.3 is 5.76 Å². The second kappa shape index (κ2) is 8.36. The van der Waals surface area contributed by atoms with E-state index in [2.05, 4.69) is 10.3 Å². The first kappa shape index (κ1) is 19.0. The molecule has 2 heterocycles. The number of carbonyl (C=O) groups excluding carboxylic acids is 1. The fraction of sp³-hybridized carbons (Fsp3) is 0.0455. The van der Waals surface area contributed by atoms with Gasteiger partial charge in [0.25, 0.3) is 5.91 Å². The molecule has 150 valence electrons. The monoisotopic (exact) mass is 402 g/mol. The van der Waals surface area contributed by atoms with E-state index in [-0.39, 0.29) is 12.5 Å². The molecule has 3 N–H and O–H groups in total. The van der Waals surface area contributed by atoms with Crippen molar-refractivity contribution in [3.63, 3.8) is 0 Å². The summed E-state index contributed by atoms with van der Waals surface area (Å²) in [6.07, 6.45) is 4.77. The first-order chi connectivity index (χ1) is 14.6. The molecule has 30 heavy (non-hydrogen) atoms. The van der Waals surface area contributed by atoms with Crippen molar-refractivity contribution in [3.05, 3.63) is 101 Å². The number of pyridine rings is 1. The van der Waals surface area contributed by atoms with Gasteiger partial charge in [-0.3, -0.25) is 9.78 Å². The van der Waals surface area contributed by atoms with E-state index < -0.39 is 5.76 Å². The zero-order chi connectivity index (χ0) is 20.9. The maximum absolute atomic E-state index is 12.4. The summed E-state index contributed by atoms with van der Waals surface area (Å²) in [6, 6.07) is 17.1. The highest BCUT2D eigenvalue weighted by molar-refractivity contribution is 6.05. The van der Waals surface area contributed by atoms with Gasteiger partial charge in [0, 0.05) is 11.8 Å². The lowest BCUT2D eigenvalue weighted by Gasteiger charge is -2.08. The van der Waals surface area contributed by atoms with Crippen LogP contribution < -0.4 is 21.5 Å². The number of hydrogen-bond donors (Lipinski definition) is 2. The number of rotatable bonds is 6. The van der Waals surface area contributed by atoms with Gasteiger partial charge in [0.1, 0.15) is 12.4 Å². The number of benzene rings is 2. The number of carbonyl (C=O) groups is 1. The van der Waals surface area contributed by atoms with E-state index in [1.165, 1.54) is 4.57 Å². The van der Waals surface area contributed by atoms with Crippen molar-refractivity contribution in [2.24, 2.45) is 0 Å². The molecule has 0 bridgehead atoms. The van der Waals surface area contributed by atoms with E-state index in [1.807, 2.05) is 0 Å². The van der Waals surface area contributed by atoms with Crippen molar-refractivity contribution in [1.82, 2.24) is 9.55 Å². The van der Waals surface area contributed by atoms with Crippen LogP contribution in [0.1, 0.15) is 16.1 Å². The van der Waals surface area contributed by atoms with Crippen LogP contribution in [-0.2, 0) is 6.61 Å². The Kier molecular flexibility index (Phi) is 5.29. The quantitative estimate of drug-likeness (QED) is 0.479. The van der Waals surface area contributed by atoms with Gasteiger partial charge in [-0.15, -0.1) is 0 Å². The summed E-state index contributed by atoms with van der Waals surface area (Å²) in [4.78, 5) is 28.6. The van der Waals surface area contributed by atoms with E-state index in [9.17, 15) is 9.59 Å². The summed E-state index contributed by atoms with van der Waals surface area (Å²) < 4.78 is 12.1. The number of anilines is 2. The van der Waals surface area contributed by atoms with Crippen LogP contribution >= 0.6 is 0 Å². The van der Waals surface area contributed by atoms with E-state index in [1.54, 1.807) is 79.3 Å². The van der Waals surface area contributed by atoms with Crippen LogP contribution in [0.15, 0.2) is 88.5 Å². The zero-order valence-electron chi connectivity index (χ0n) is 15.8. The lowest BCUT2D eigenvalue weighted by Crippen LogP contribution is -2.14. The number of nitrogen functional groups attached to an aromatic ring is 1. The number of nitrogens with two attached hydrogens (primary N) is 1. The number of nitrogens with one attached hydrogen (secondary N) is 1. The SMILES string of the molecule is Nc1ccccc1NC(=O)c1ccc(-n2cc(COc3cccnc3)oc2=O)cc1. The Morgan fingerprint density at radius 2 is 1.90 bits per heavy atom. The lowest BCUT2D eigenvalue weighted by atomic mass is 10.2. The molecular weight excluding hydrogens is 384 g/mol. The minimum absolute atomic E-state index is 0.0902. The number of oxazole rings is 1. The minimum Gasteiger partial charge on any atom is -0.484 e. The predicted molar refractivity (Wildman–Crippen MR) is 112 cm³/mol. The molecule has 0 aliphatic rings. The van der Waals surface area contributed by atoms with Crippen molar-refractivity contribution in [2.45, 2.75) is 6.61 Å². The molecule has 0 spiro atoms. The Hall–Kier alpha value is -4.33. The van der Waals surface area contributed by atoms with Crippen LogP contribution in [0.2, 0.25) is 0 Å². The van der Waals surface area contributed by atoms with Gasteiger partial charge in [0.05, 0.1) is 29.5 Å². The Balaban J connectivity index is 1.46. The van der Waals surface area contributed by atoms with Crippen LogP contribution in [-0.4, -0.2) is 15.5 Å². The van der Waals surface area contributed by atoms with Crippen LogP contribution in [0.25, 0.3) is 5.69 Å². The van der Waals surface area contributed by atoms with Crippen molar-refractivity contribution in [1.29, 1.82) is 0 Å². The molecular formula is C22H18N4O4. The van der Waals surface area contributed by atoms with Crippen LogP contribution in [0.4, 0.5) is 11.4 Å². The normalized spacial score (nSPS) is 10.5. The van der Waals surface area contributed by atoms with E-state index in [0.29, 0.717) is 34.1 Å². The van der Waals surface area contributed by atoms with Gasteiger partial charge in [0.2, 0.25) is 0 Å². The number of hydrogen-bond acceptors (Lipinski definition) is 6. The molecule has 8 heteroatoms. The van der Waals surface area contributed by atoms with Gasteiger partial charge < -0.3 is 20.2 Å². The molecule has 4 aromatic rings. The lowest BCUT2D eigenvalue weighted by molar-refractivity contribution is 0.102. The highest BCUT2D eigenvalue weighted by Gasteiger charge is 2.11. The molecule has 0 saturated heterocycles. The van der Waals surface area contributed by atoms with Gasteiger partial charge in [0.15, 0.2) is 5.76 Å². The molecule has 0 unspecified atom stereocenters. The predicted octanol–water partition coefficient (Wildman–Crippen LogP) is 3.24. The Labute approximate surface area is 171 Å². The summed E-state index contributed by atoms with van der Waals surface area (Å²) in [7, 11) is 0. The van der Waals surface area contributed by atoms with Gasteiger partial charge in [-0.2, -0.15) is 0 Å². The Bertz CT molecular complexity index is 1210. The fourth-order valence-electron chi connectivity index (χ4n) is 2.80. The third kappa shape index (κ3) is 4.22. The van der Waals surface area contributed by atoms with Crippen molar-refractivity contribution in [3.8, 4) is 11.4 Å². The smallest absolute Gasteiger partial charge is 0.423 e. The highest BCUT2D eigenvalue weighted by Crippen LogP contribution is 2.18. The number of amides is 1.